The molecule has 21 heavy (non-hydrogen) atoms. The van der Waals surface area contributed by atoms with Gasteiger partial charge in [-0.05, 0) is 45.6 Å². The zero-order valence-corrected chi connectivity index (χ0v) is 14.5. The van der Waals surface area contributed by atoms with Crippen LogP contribution in [0.3, 0.4) is 0 Å². The quantitative estimate of drug-likeness (QED) is 0.792. The zero-order chi connectivity index (χ0) is 15.0. The van der Waals surface area contributed by atoms with Crippen molar-refractivity contribution in [1.29, 1.82) is 0 Å². The van der Waals surface area contributed by atoms with Crippen LogP contribution >= 0.6 is 38.6 Å². The second-order valence-electron chi connectivity index (χ2n) is 4.69. The van der Waals surface area contributed by atoms with Gasteiger partial charge in [-0.15, -0.1) is 22.7 Å². The zero-order valence-electron chi connectivity index (χ0n) is 11.3. The van der Waals surface area contributed by atoms with E-state index < -0.39 is 0 Å². The van der Waals surface area contributed by atoms with Gasteiger partial charge in [0.2, 0.25) is 0 Å². The number of hydrogen-bond donors (Lipinski definition) is 2. The summed E-state index contributed by atoms with van der Waals surface area (Å²) >= 11 is 6.43. The monoisotopic (exact) mass is 384 g/mol. The summed E-state index contributed by atoms with van der Waals surface area (Å²) in [6.07, 6.45) is 1.03. The minimum Gasteiger partial charge on any atom is -0.347 e. The number of fused-ring (bicyclic) bond motifs is 2. The van der Waals surface area contributed by atoms with Gasteiger partial charge in [0.25, 0.3) is 11.8 Å². The van der Waals surface area contributed by atoms with Crippen molar-refractivity contribution in [2.45, 2.75) is 26.4 Å². The maximum atomic E-state index is 11.1. The van der Waals surface area contributed by atoms with Gasteiger partial charge in [0.15, 0.2) is 0 Å². The van der Waals surface area contributed by atoms with Crippen LogP contribution in [0.25, 0.3) is 0 Å². The summed E-state index contributed by atoms with van der Waals surface area (Å²) in [4.78, 5) is 25.1. The molecule has 2 aliphatic rings. The SMILES string of the molecule is CCc1cc2c(s1)C(=O)NC2.O=C1NCc2cc(Br)sc21. The van der Waals surface area contributed by atoms with E-state index in [2.05, 4.69) is 39.6 Å². The first-order valence-electron chi connectivity index (χ1n) is 6.54. The van der Waals surface area contributed by atoms with Crippen LogP contribution < -0.4 is 10.6 Å². The van der Waals surface area contributed by atoms with E-state index in [1.165, 1.54) is 21.8 Å². The highest BCUT2D eigenvalue weighted by Crippen LogP contribution is 2.29. The van der Waals surface area contributed by atoms with E-state index in [4.69, 9.17) is 0 Å². The Morgan fingerprint density at radius 1 is 1.05 bits per heavy atom. The number of nitrogens with one attached hydrogen (secondary N) is 2. The van der Waals surface area contributed by atoms with Crippen LogP contribution in [0.2, 0.25) is 0 Å². The molecule has 2 aromatic rings. The van der Waals surface area contributed by atoms with Crippen molar-refractivity contribution < 1.29 is 9.59 Å². The minimum absolute atomic E-state index is 0.0608. The van der Waals surface area contributed by atoms with Gasteiger partial charge >= 0.3 is 0 Å². The van der Waals surface area contributed by atoms with E-state index in [9.17, 15) is 9.59 Å². The number of thiophene rings is 2. The summed E-state index contributed by atoms with van der Waals surface area (Å²) in [6, 6.07) is 4.11. The maximum absolute atomic E-state index is 11.1. The van der Waals surface area contributed by atoms with Crippen molar-refractivity contribution in [2.24, 2.45) is 0 Å². The molecule has 110 valence electrons. The summed E-state index contributed by atoms with van der Waals surface area (Å²) in [7, 11) is 0. The Balaban J connectivity index is 0.000000126. The Hall–Kier alpha value is -1.18. The molecule has 2 N–H and O–H groups in total. The van der Waals surface area contributed by atoms with Gasteiger partial charge in [-0.2, -0.15) is 0 Å². The Kier molecular flexibility index (Phi) is 4.14. The molecule has 0 radical (unpaired) electrons. The molecule has 0 unspecified atom stereocenters. The molecular weight excluding hydrogens is 372 g/mol. The van der Waals surface area contributed by atoms with Gasteiger partial charge in [0, 0.05) is 18.0 Å². The molecule has 2 aliphatic heterocycles. The van der Waals surface area contributed by atoms with E-state index in [0.717, 1.165) is 32.1 Å². The number of halogens is 1. The van der Waals surface area contributed by atoms with Crippen molar-refractivity contribution in [3.05, 3.63) is 41.7 Å². The highest BCUT2D eigenvalue weighted by molar-refractivity contribution is 9.11. The van der Waals surface area contributed by atoms with Crippen LogP contribution in [0.5, 0.6) is 0 Å². The summed E-state index contributed by atoms with van der Waals surface area (Å²) < 4.78 is 1.03. The third-order valence-electron chi connectivity index (χ3n) is 3.28. The molecule has 0 fully saturated rings. The normalized spacial score (nSPS) is 15.0. The maximum Gasteiger partial charge on any atom is 0.262 e. The van der Waals surface area contributed by atoms with E-state index in [1.807, 2.05) is 6.07 Å². The van der Waals surface area contributed by atoms with Gasteiger partial charge in [-0.3, -0.25) is 9.59 Å². The fourth-order valence-electron chi connectivity index (χ4n) is 2.21. The standard InChI is InChI=1S/C8H9NOS.C6H4BrNOS/c1-2-6-3-5-4-9-8(10)7(5)11-6;7-4-1-3-2-8-6(9)5(3)10-4/h3H,2,4H2,1H3,(H,9,10);1H,2H2,(H,8,9). The van der Waals surface area contributed by atoms with Crippen molar-refractivity contribution in [2.75, 3.05) is 0 Å². The van der Waals surface area contributed by atoms with Crippen molar-refractivity contribution in [3.8, 4) is 0 Å². The first-order chi connectivity index (χ1) is 10.1. The predicted molar refractivity (Wildman–Crippen MR) is 88.1 cm³/mol. The number of rotatable bonds is 1. The molecule has 7 heteroatoms. The fourth-order valence-corrected chi connectivity index (χ4v) is 4.83. The molecule has 0 saturated heterocycles. The summed E-state index contributed by atoms with van der Waals surface area (Å²) in [5, 5.41) is 5.53. The number of hydrogen-bond acceptors (Lipinski definition) is 4. The highest BCUT2D eigenvalue weighted by atomic mass is 79.9. The van der Waals surface area contributed by atoms with Crippen molar-refractivity contribution >= 4 is 50.4 Å². The van der Waals surface area contributed by atoms with Crippen LogP contribution in [0.15, 0.2) is 15.9 Å². The van der Waals surface area contributed by atoms with Gasteiger partial charge in [0.1, 0.15) is 0 Å². The number of carbonyl (C=O) groups is 2. The topological polar surface area (TPSA) is 58.2 Å². The number of aryl methyl sites for hydroxylation is 1. The average Bonchev–Trinajstić information content (AvgIpc) is 3.17. The molecule has 2 aromatic heterocycles. The first kappa shape index (κ1) is 14.7. The molecule has 0 spiro atoms. The second-order valence-corrected chi connectivity index (χ2v) is 8.26. The molecular formula is C14H13BrN2O2S2. The molecule has 4 heterocycles. The van der Waals surface area contributed by atoms with Crippen LogP contribution in [-0.2, 0) is 19.5 Å². The second kappa shape index (κ2) is 5.90. The van der Waals surface area contributed by atoms with E-state index in [0.29, 0.717) is 6.54 Å². The largest absolute Gasteiger partial charge is 0.347 e. The van der Waals surface area contributed by atoms with Gasteiger partial charge in [-0.25, -0.2) is 0 Å². The van der Waals surface area contributed by atoms with E-state index in [-0.39, 0.29) is 11.8 Å². The van der Waals surface area contributed by atoms with Crippen LogP contribution in [0.1, 0.15) is 42.3 Å². The Morgan fingerprint density at radius 3 is 2.14 bits per heavy atom. The number of amides is 2. The summed E-state index contributed by atoms with van der Waals surface area (Å²) in [5.41, 5.74) is 2.29. The van der Waals surface area contributed by atoms with Gasteiger partial charge < -0.3 is 10.6 Å². The highest BCUT2D eigenvalue weighted by Gasteiger charge is 2.22. The van der Waals surface area contributed by atoms with Crippen LogP contribution in [0.4, 0.5) is 0 Å². The molecule has 2 amide bonds. The van der Waals surface area contributed by atoms with Crippen molar-refractivity contribution in [1.82, 2.24) is 10.6 Å². The predicted octanol–water partition coefficient (Wildman–Crippen LogP) is 3.31. The molecule has 0 atom stereocenters. The Labute approximate surface area is 138 Å². The third-order valence-corrected chi connectivity index (χ3v) is 6.28. The smallest absolute Gasteiger partial charge is 0.262 e. The molecule has 0 aliphatic carbocycles. The summed E-state index contributed by atoms with van der Waals surface area (Å²) in [6.45, 7) is 3.53. The molecule has 0 aromatic carbocycles. The average molecular weight is 385 g/mol. The first-order valence-corrected chi connectivity index (χ1v) is 8.97. The lowest BCUT2D eigenvalue weighted by Gasteiger charge is -1.89. The van der Waals surface area contributed by atoms with Gasteiger partial charge in [-0.1, -0.05) is 6.92 Å². The fraction of sp³-hybridized carbons (Fsp3) is 0.286. The van der Waals surface area contributed by atoms with Crippen LogP contribution in [-0.4, -0.2) is 11.8 Å². The molecule has 4 nitrogen and oxygen atoms in total. The lowest BCUT2D eigenvalue weighted by molar-refractivity contribution is 0.0961. The minimum atomic E-state index is 0.0608. The summed E-state index contributed by atoms with van der Waals surface area (Å²) in [5.74, 6) is 0.162. The molecule has 4 rings (SSSR count). The van der Waals surface area contributed by atoms with Crippen LogP contribution in [0, 0.1) is 0 Å². The van der Waals surface area contributed by atoms with Gasteiger partial charge in [0.05, 0.1) is 13.5 Å². The lowest BCUT2D eigenvalue weighted by Crippen LogP contribution is -2.12. The Morgan fingerprint density at radius 2 is 1.62 bits per heavy atom. The Bertz CT molecular complexity index is 721. The molecule has 0 bridgehead atoms. The van der Waals surface area contributed by atoms with Crippen molar-refractivity contribution in [3.63, 3.8) is 0 Å². The van der Waals surface area contributed by atoms with E-state index >= 15 is 0 Å². The molecule has 0 saturated carbocycles. The van der Waals surface area contributed by atoms with E-state index in [1.54, 1.807) is 11.3 Å². The lowest BCUT2D eigenvalue weighted by atomic mass is 10.2. The third kappa shape index (κ3) is 2.90. The number of carbonyl (C=O) groups excluding carboxylic acids is 2.